The molecule has 0 aliphatic heterocycles. The Hall–Kier alpha value is -2.61. The van der Waals surface area contributed by atoms with Crippen LogP contribution in [0.5, 0.6) is 5.75 Å². The lowest BCUT2D eigenvalue weighted by Crippen LogP contribution is -1.99. The highest BCUT2D eigenvalue weighted by atomic mass is 32.2. The first kappa shape index (κ1) is 15.3. The molecule has 0 aliphatic rings. The molecule has 0 bridgehead atoms. The minimum absolute atomic E-state index is 0.0861. The van der Waals surface area contributed by atoms with Gasteiger partial charge in [0.1, 0.15) is 17.1 Å². The summed E-state index contributed by atoms with van der Waals surface area (Å²) in [7, 11) is 1.62. The van der Waals surface area contributed by atoms with Gasteiger partial charge in [0, 0.05) is 5.75 Å². The Morgan fingerprint density at radius 2 is 2.09 bits per heavy atom. The highest BCUT2D eigenvalue weighted by molar-refractivity contribution is 7.99. The molecule has 0 atom stereocenters. The first-order valence-corrected chi connectivity index (χ1v) is 7.85. The molecule has 1 N–H and O–H groups in total. The third-order valence-electron chi connectivity index (χ3n) is 3.20. The number of hydrogen-bond donors (Lipinski definition) is 1. The molecule has 0 fully saturated rings. The summed E-state index contributed by atoms with van der Waals surface area (Å²) in [6, 6.07) is 7.49. The zero-order valence-electron chi connectivity index (χ0n) is 12.3. The van der Waals surface area contributed by atoms with Crippen molar-refractivity contribution in [1.29, 1.82) is 0 Å². The van der Waals surface area contributed by atoms with Crippen molar-refractivity contribution in [3.05, 3.63) is 36.8 Å². The number of benzene rings is 1. The predicted molar refractivity (Wildman–Crippen MR) is 86.2 cm³/mol. The number of methoxy groups -OCH3 is 1. The van der Waals surface area contributed by atoms with E-state index in [0.29, 0.717) is 11.4 Å². The summed E-state index contributed by atoms with van der Waals surface area (Å²) in [5.41, 5.74) is 1.55. The maximum atomic E-state index is 10.6. The topological polar surface area (TPSA) is 90.1 Å². The van der Waals surface area contributed by atoms with Crippen LogP contribution in [0.15, 0.2) is 41.8 Å². The number of carbonyl (C=O) groups is 1. The van der Waals surface area contributed by atoms with E-state index < -0.39 is 5.97 Å². The van der Waals surface area contributed by atoms with Crippen molar-refractivity contribution in [2.75, 3.05) is 12.9 Å². The number of thioether (sulfide) groups is 1. The molecular formula is C15H14N4O3S. The first-order chi connectivity index (χ1) is 11.2. The van der Waals surface area contributed by atoms with Gasteiger partial charge >= 0.3 is 5.97 Å². The van der Waals surface area contributed by atoms with Crippen molar-refractivity contribution < 1.29 is 14.6 Å². The van der Waals surface area contributed by atoms with Crippen LogP contribution in [0.1, 0.15) is 6.42 Å². The molecule has 0 radical (unpaired) electrons. The van der Waals surface area contributed by atoms with E-state index in [4.69, 9.17) is 9.84 Å². The van der Waals surface area contributed by atoms with Crippen LogP contribution in [0, 0.1) is 0 Å². The van der Waals surface area contributed by atoms with Crippen molar-refractivity contribution in [3.8, 4) is 11.4 Å². The maximum Gasteiger partial charge on any atom is 0.304 e. The van der Waals surface area contributed by atoms with Gasteiger partial charge in [0.15, 0.2) is 5.65 Å². The normalized spacial score (nSPS) is 10.8. The van der Waals surface area contributed by atoms with Crippen LogP contribution in [0.2, 0.25) is 0 Å². The second-order valence-electron chi connectivity index (χ2n) is 4.66. The Kier molecular flexibility index (Phi) is 4.42. The number of carboxylic acid groups (broad SMARTS) is 1. The van der Waals surface area contributed by atoms with E-state index in [9.17, 15) is 4.79 Å². The summed E-state index contributed by atoms with van der Waals surface area (Å²) in [6.45, 7) is 0. The number of aliphatic carboxylic acids is 1. The molecule has 23 heavy (non-hydrogen) atoms. The van der Waals surface area contributed by atoms with Crippen molar-refractivity contribution in [2.45, 2.75) is 11.4 Å². The fourth-order valence-electron chi connectivity index (χ4n) is 2.09. The standard InChI is InChI=1S/C15H14N4O3S/c1-22-11-4-2-10(3-5-11)19-14-12(8-18-19)15(17-9-16-14)23-7-6-13(20)21/h2-5,8-9H,6-7H2,1H3,(H,20,21). The minimum Gasteiger partial charge on any atom is -0.497 e. The number of hydrogen-bond acceptors (Lipinski definition) is 6. The Labute approximate surface area is 136 Å². The lowest BCUT2D eigenvalue weighted by molar-refractivity contribution is -0.136. The van der Waals surface area contributed by atoms with Gasteiger partial charge in [-0.2, -0.15) is 5.10 Å². The molecule has 2 heterocycles. The second kappa shape index (κ2) is 6.66. The van der Waals surface area contributed by atoms with Gasteiger partial charge in [-0.05, 0) is 24.3 Å². The fourth-order valence-corrected chi connectivity index (χ4v) is 2.98. The van der Waals surface area contributed by atoms with Crippen molar-refractivity contribution in [3.63, 3.8) is 0 Å². The molecule has 118 valence electrons. The fraction of sp³-hybridized carbons (Fsp3) is 0.200. The maximum absolute atomic E-state index is 10.6. The van der Waals surface area contributed by atoms with E-state index in [-0.39, 0.29) is 6.42 Å². The van der Waals surface area contributed by atoms with Crippen LogP contribution in [-0.4, -0.2) is 43.7 Å². The zero-order chi connectivity index (χ0) is 16.2. The third kappa shape index (κ3) is 3.26. The Morgan fingerprint density at radius 3 is 2.78 bits per heavy atom. The molecule has 1 aromatic carbocycles. The zero-order valence-corrected chi connectivity index (χ0v) is 13.2. The van der Waals surface area contributed by atoms with Gasteiger partial charge in [-0.15, -0.1) is 11.8 Å². The molecule has 0 unspecified atom stereocenters. The van der Waals surface area contributed by atoms with E-state index >= 15 is 0 Å². The summed E-state index contributed by atoms with van der Waals surface area (Å²) in [5, 5.41) is 14.6. The lowest BCUT2D eigenvalue weighted by atomic mass is 10.3. The van der Waals surface area contributed by atoms with E-state index in [1.54, 1.807) is 18.0 Å². The van der Waals surface area contributed by atoms with Crippen LogP contribution in [0.25, 0.3) is 16.7 Å². The SMILES string of the molecule is COc1ccc(-n2ncc3c(SCCC(=O)O)ncnc32)cc1. The Morgan fingerprint density at radius 1 is 1.30 bits per heavy atom. The largest absolute Gasteiger partial charge is 0.497 e. The molecule has 0 spiro atoms. The number of nitrogens with zero attached hydrogens (tertiary/aromatic N) is 4. The summed E-state index contributed by atoms with van der Waals surface area (Å²) < 4.78 is 6.87. The van der Waals surface area contributed by atoms with Crippen molar-refractivity contribution in [2.24, 2.45) is 0 Å². The van der Waals surface area contributed by atoms with Gasteiger partial charge in [0.2, 0.25) is 0 Å². The van der Waals surface area contributed by atoms with E-state index in [1.807, 2.05) is 24.3 Å². The third-order valence-corrected chi connectivity index (χ3v) is 4.21. The van der Waals surface area contributed by atoms with Gasteiger partial charge < -0.3 is 9.84 Å². The summed E-state index contributed by atoms with van der Waals surface area (Å²) >= 11 is 1.39. The molecular weight excluding hydrogens is 316 g/mol. The van der Waals surface area contributed by atoms with Crippen molar-refractivity contribution >= 4 is 28.8 Å². The smallest absolute Gasteiger partial charge is 0.304 e. The summed E-state index contributed by atoms with van der Waals surface area (Å²) in [5.74, 6) is 0.399. The average molecular weight is 330 g/mol. The summed E-state index contributed by atoms with van der Waals surface area (Å²) in [4.78, 5) is 19.1. The molecule has 8 heteroatoms. The predicted octanol–water partition coefficient (Wildman–Crippen LogP) is 2.39. The van der Waals surface area contributed by atoms with Gasteiger partial charge in [-0.3, -0.25) is 4.79 Å². The van der Waals surface area contributed by atoms with Crippen molar-refractivity contribution in [1.82, 2.24) is 19.7 Å². The van der Waals surface area contributed by atoms with Gasteiger partial charge in [-0.25, -0.2) is 14.6 Å². The molecule has 7 nitrogen and oxygen atoms in total. The number of rotatable bonds is 6. The Bertz CT molecular complexity index is 832. The summed E-state index contributed by atoms with van der Waals surface area (Å²) in [6.07, 6.45) is 3.25. The van der Waals surface area contributed by atoms with E-state index in [1.165, 1.54) is 18.1 Å². The second-order valence-corrected chi connectivity index (χ2v) is 5.75. The van der Waals surface area contributed by atoms with Crippen LogP contribution in [0.4, 0.5) is 0 Å². The van der Waals surface area contributed by atoms with Crippen LogP contribution >= 0.6 is 11.8 Å². The number of ether oxygens (including phenoxy) is 1. The van der Waals surface area contributed by atoms with Crippen LogP contribution in [-0.2, 0) is 4.79 Å². The highest BCUT2D eigenvalue weighted by Crippen LogP contribution is 2.26. The number of carboxylic acids is 1. The molecule has 0 saturated carbocycles. The van der Waals surface area contributed by atoms with E-state index in [2.05, 4.69) is 15.1 Å². The molecule has 0 aliphatic carbocycles. The van der Waals surface area contributed by atoms with Gasteiger partial charge in [-0.1, -0.05) is 0 Å². The van der Waals surface area contributed by atoms with E-state index in [0.717, 1.165) is 21.8 Å². The highest BCUT2D eigenvalue weighted by Gasteiger charge is 2.12. The number of aromatic nitrogens is 4. The molecule has 0 saturated heterocycles. The molecule has 3 aromatic rings. The lowest BCUT2D eigenvalue weighted by Gasteiger charge is -2.05. The molecule has 0 amide bonds. The van der Waals surface area contributed by atoms with Gasteiger partial charge in [0.05, 0.1) is 30.8 Å². The number of fused-ring (bicyclic) bond motifs is 1. The quantitative estimate of drug-likeness (QED) is 0.548. The first-order valence-electron chi connectivity index (χ1n) is 6.87. The minimum atomic E-state index is -0.822. The van der Waals surface area contributed by atoms with Crippen LogP contribution in [0.3, 0.4) is 0 Å². The molecule has 3 rings (SSSR count). The van der Waals surface area contributed by atoms with Gasteiger partial charge in [0.25, 0.3) is 0 Å². The Balaban J connectivity index is 1.92. The average Bonchev–Trinajstić information content (AvgIpc) is 2.99. The molecule has 2 aromatic heterocycles. The monoisotopic (exact) mass is 330 g/mol. The van der Waals surface area contributed by atoms with Crippen LogP contribution < -0.4 is 4.74 Å².